The molecule has 102 valence electrons. The van der Waals surface area contributed by atoms with Gasteiger partial charge in [0.2, 0.25) is 10.0 Å². The molecule has 0 bridgehead atoms. The van der Waals surface area contributed by atoms with Gasteiger partial charge in [0, 0.05) is 18.4 Å². The molecule has 0 radical (unpaired) electrons. The van der Waals surface area contributed by atoms with Crippen molar-refractivity contribution in [2.24, 2.45) is 0 Å². The van der Waals surface area contributed by atoms with E-state index in [0.717, 1.165) is 12.8 Å². The summed E-state index contributed by atoms with van der Waals surface area (Å²) in [7, 11) is -1.77. The van der Waals surface area contributed by atoms with E-state index in [-0.39, 0.29) is 6.04 Å². The van der Waals surface area contributed by atoms with Crippen LogP contribution in [-0.4, -0.2) is 31.1 Å². The van der Waals surface area contributed by atoms with Gasteiger partial charge in [-0.25, -0.2) is 8.42 Å². The molecule has 0 N–H and O–H groups in total. The molecule has 0 fully saturated rings. The van der Waals surface area contributed by atoms with Crippen LogP contribution in [0.4, 0.5) is 0 Å². The Morgan fingerprint density at radius 1 is 1.28 bits per heavy atom. The second-order valence-corrected chi connectivity index (χ2v) is 7.06. The highest BCUT2D eigenvalue weighted by Crippen LogP contribution is 2.18. The molecule has 0 saturated heterocycles. The fourth-order valence-corrected chi connectivity index (χ4v) is 3.60. The van der Waals surface area contributed by atoms with Crippen molar-refractivity contribution in [2.45, 2.75) is 37.6 Å². The van der Waals surface area contributed by atoms with Crippen LogP contribution in [0.3, 0.4) is 0 Å². The third-order valence-corrected chi connectivity index (χ3v) is 5.91. The van der Waals surface area contributed by atoms with E-state index in [9.17, 15) is 8.42 Å². The third-order valence-electron chi connectivity index (χ3n) is 2.98. The number of alkyl halides is 1. The maximum absolute atomic E-state index is 12.3. The van der Waals surface area contributed by atoms with Crippen LogP contribution in [-0.2, 0) is 16.4 Å². The number of sulfonamides is 1. The summed E-state index contributed by atoms with van der Waals surface area (Å²) in [6, 6.07) is 7.10. The second-order valence-electron chi connectivity index (χ2n) is 4.42. The minimum Gasteiger partial charge on any atom is -0.207 e. The Morgan fingerprint density at radius 3 is 2.28 bits per heavy atom. The Morgan fingerprint density at radius 2 is 1.83 bits per heavy atom. The summed E-state index contributed by atoms with van der Waals surface area (Å²) in [5, 5.41) is 0.622. The molecule has 1 rings (SSSR count). The Balaban J connectivity index is 2.98. The van der Waals surface area contributed by atoms with E-state index in [4.69, 9.17) is 0 Å². The number of rotatable bonds is 6. The van der Waals surface area contributed by atoms with Crippen LogP contribution in [0.2, 0.25) is 0 Å². The number of benzene rings is 1. The van der Waals surface area contributed by atoms with E-state index in [1.165, 1.54) is 9.87 Å². The van der Waals surface area contributed by atoms with Gasteiger partial charge in [0.25, 0.3) is 0 Å². The van der Waals surface area contributed by atoms with E-state index in [2.05, 4.69) is 22.9 Å². The lowest BCUT2D eigenvalue weighted by atomic mass is 10.1. The second kappa shape index (κ2) is 6.68. The molecule has 0 saturated carbocycles. The summed E-state index contributed by atoms with van der Waals surface area (Å²) in [5.74, 6) is 0. The first-order valence-electron chi connectivity index (χ1n) is 6.06. The van der Waals surface area contributed by atoms with Gasteiger partial charge < -0.3 is 0 Å². The molecule has 0 spiro atoms. The third kappa shape index (κ3) is 3.56. The van der Waals surface area contributed by atoms with Gasteiger partial charge in [-0.2, -0.15) is 4.31 Å². The minimum absolute atomic E-state index is 0.0645. The van der Waals surface area contributed by atoms with E-state index in [1.807, 2.05) is 19.1 Å². The highest BCUT2D eigenvalue weighted by Gasteiger charge is 2.24. The number of hydrogen-bond donors (Lipinski definition) is 0. The quantitative estimate of drug-likeness (QED) is 0.750. The Hall–Kier alpha value is -0.390. The van der Waals surface area contributed by atoms with Gasteiger partial charge in [-0.3, -0.25) is 0 Å². The van der Waals surface area contributed by atoms with Crippen molar-refractivity contribution in [2.75, 3.05) is 12.4 Å². The minimum atomic E-state index is -3.38. The first kappa shape index (κ1) is 15.7. The average Bonchev–Trinajstić information content (AvgIpc) is 2.38. The molecular formula is C13H20BrNO2S. The summed E-state index contributed by atoms with van der Waals surface area (Å²) >= 11 is 3.31. The van der Waals surface area contributed by atoms with Crippen molar-refractivity contribution in [3.63, 3.8) is 0 Å². The van der Waals surface area contributed by atoms with Crippen LogP contribution < -0.4 is 0 Å². The molecular weight excluding hydrogens is 314 g/mol. The van der Waals surface area contributed by atoms with Crippen molar-refractivity contribution in [3.05, 3.63) is 29.8 Å². The summed E-state index contributed by atoms with van der Waals surface area (Å²) < 4.78 is 26.0. The Bertz CT molecular complexity index is 470. The largest absolute Gasteiger partial charge is 0.243 e. The van der Waals surface area contributed by atoms with E-state index >= 15 is 0 Å². The smallest absolute Gasteiger partial charge is 0.207 e. The molecule has 18 heavy (non-hydrogen) atoms. The van der Waals surface area contributed by atoms with Crippen LogP contribution in [0.15, 0.2) is 29.2 Å². The van der Waals surface area contributed by atoms with Crippen molar-refractivity contribution >= 4 is 26.0 Å². The van der Waals surface area contributed by atoms with Crippen molar-refractivity contribution in [1.29, 1.82) is 0 Å². The topological polar surface area (TPSA) is 37.4 Å². The highest BCUT2D eigenvalue weighted by molar-refractivity contribution is 9.09. The SMILES string of the molecule is CCCc1ccc(S(=O)(=O)N(C)C(C)CBr)cc1. The van der Waals surface area contributed by atoms with Crippen LogP contribution in [0.25, 0.3) is 0 Å². The lowest BCUT2D eigenvalue weighted by Crippen LogP contribution is -2.36. The molecule has 1 aromatic rings. The summed E-state index contributed by atoms with van der Waals surface area (Å²) in [6.07, 6.45) is 2.04. The van der Waals surface area contributed by atoms with Gasteiger partial charge in [0.1, 0.15) is 0 Å². The fraction of sp³-hybridized carbons (Fsp3) is 0.538. The van der Waals surface area contributed by atoms with E-state index < -0.39 is 10.0 Å². The Labute approximate surface area is 118 Å². The molecule has 1 aromatic carbocycles. The summed E-state index contributed by atoms with van der Waals surface area (Å²) in [4.78, 5) is 0.359. The van der Waals surface area contributed by atoms with Crippen LogP contribution in [0.5, 0.6) is 0 Å². The summed E-state index contributed by atoms with van der Waals surface area (Å²) in [5.41, 5.74) is 1.17. The Kier molecular flexibility index (Phi) is 5.82. The molecule has 1 unspecified atom stereocenters. The van der Waals surface area contributed by atoms with Crippen molar-refractivity contribution < 1.29 is 8.42 Å². The first-order chi connectivity index (χ1) is 8.43. The van der Waals surface area contributed by atoms with Gasteiger partial charge in [-0.15, -0.1) is 0 Å². The number of aryl methyl sites for hydroxylation is 1. The molecule has 0 aromatic heterocycles. The first-order valence-corrected chi connectivity index (χ1v) is 8.62. The number of halogens is 1. The van der Waals surface area contributed by atoms with Gasteiger partial charge in [-0.05, 0) is 31.0 Å². The molecule has 0 aliphatic rings. The maximum Gasteiger partial charge on any atom is 0.243 e. The standard InChI is InChI=1S/C13H20BrNO2S/c1-4-5-12-6-8-13(9-7-12)18(16,17)15(3)11(2)10-14/h6-9,11H,4-5,10H2,1-3H3. The van der Waals surface area contributed by atoms with E-state index in [0.29, 0.717) is 10.2 Å². The highest BCUT2D eigenvalue weighted by atomic mass is 79.9. The van der Waals surface area contributed by atoms with Crippen molar-refractivity contribution in [1.82, 2.24) is 4.31 Å². The summed E-state index contributed by atoms with van der Waals surface area (Å²) in [6.45, 7) is 3.98. The molecule has 0 amide bonds. The van der Waals surface area contributed by atoms with Gasteiger partial charge in [0.05, 0.1) is 4.90 Å². The number of nitrogens with zero attached hydrogens (tertiary/aromatic N) is 1. The predicted molar refractivity (Wildman–Crippen MR) is 78.6 cm³/mol. The van der Waals surface area contributed by atoms with Gasteiger partial charge in [-0.1, -0.05) is 41.4 Å². The molecule has 0 aliphatic carbocycles. The molecule has 3 nitrogen and oxygen atoms in total. The van der Waals surface area contributed by atoms with Crippen LogP contribution in [0.1, 0.15) is 25.8 Å². The lowest BCUT2D eigenvalue weighted by Gasteiger charge is -2.22. The predicted octanol–water partition coefficient (Wildman–Crippen LogP) is 3.04. The number of hydrogen-bond acceptors (Lipinski definition) is 2. The van der Waals surface area contributed by atoms with Gasteiger partial charge in [0.15, 0.2) is 0 Å². The average molecular weight is 334 g/mol. The monoisotopic (exact) mass is 333 g/mol. The fourth-order valence-electron chi connectivity index (χ4n) is 1.62. The molecule has 0 heterocycles. The maximum atomic E-state index is 12.3. The molecule has 1 atom stereocenters. The van der Waals surface area contributed by atoms with Crippen LogP contribution in [0, 0.1) is 0 Å². The van der Waals surface area contributed by atoms with Crippen LogP contribution >= 0.6 is 15.9 Å². The normalized spacial score (nSPS) is 13.8. The molecule has 5 heteroatoms. The van der Waals surface area contributed by atoms with Gasteiger partial charge >= 0.3 is 0 Å². The van der Waals surface area contributed by atoms with E-state index in [1.54, 1.807) is 19.2 Å². The molecule has 0 aliphatic heterocycles. The zero-order valence-corrected chi connectivity index (χ0v) is 13.5. The van der Waals surface area contributed by atoms with Crippen molar-refractivity contribution in [3.8, 4) is 0 Å². The lowest BCUT2D eigenvalue weighted by molar-refractivity contribution is 0.416. The zero-order chi connectivity index (χ0) is 13.8. The zero-order valence-electron chi connectivity index (χ0n) is 11.1.